The van der Waals surface area contributed by atoms with Crippen LogP contribution in [0.5, 0.6) is 0 Å². The number of H-pyrrole nitrogens is 1. The number of halogens is 4. The zero-order valence-electron chi connectivity index (χ0n) is 5.57. The van der Waals surface area contributed by atoms with E-state index in [0.717, 1.165) is 0 Å². The van der Waals surface area contributed by atoms with Crippen LogP contribution in [0.25, 0.3) is 0 Å². The molecule has 1 aromatic heterocycles. The number of hydrogen-bond donors (Lipinski definition) is 1. The van der Waals surface area contributed by atoms with Crippen LogP contribution in [-0.2, 0) is 0 Å². The first-order valence-electron chi connectivity index (χ1n) is 2.88. The first-order chi connectivity index (χ1) is 5.52. The van der Waals surface area contributed by atoms with Gasteiger partial charge in [0.05, 0.1) is 3.57 Å². The molecular weight excluding hydrogens is 286 g/mol. The lowest BCUT2D eigenvalue weighted by Gasteiger charge is -2.00. The van der Waals surface area contributed by atoms with E-state index in [1.165, 1.54) is 22.6 Å². The van der Waals surface area contributed by atoms with E-state index in [1.54, 1.807) is 4.98 Å². The maximum absolute atomic E-state index is 12.4. The molecule has 0 fully saturated rings. The first kappa shape index (κ1) is 9.56. The van der Waals surface area contributed by atoms with Crippen LogP contribution in [0.1, 0.15) is 12.0 Å². The highest BCUT2D eigenvalue weighted by Gasteiger charge is 2.15. The minimum Gasteiger partial charge on any atom is -0.298 e. The molecule has 0 saturated carbocycles. The van der Waals surface area contributed by atoms with Gasteiger partial charge >= 0.3 is 0 Å². The van der Waals surface area contributed by atoms with E-state index in [9.17, 15) is 18.0 Å². The van der Waals surface area contributed by atoms with Gasteiger partial charge in [-0.15, -0.1) is 0 Å². The third kappa shape index (κ3) is 1.79. The van der Waals surface area contributed by atoms with Crippen LogP contribution in [0, 0.1) is 9.52 Å². The third-order valence-electron chi connectivity index (χ3n) is 1.20. The minimum absolute atomic E-state index is 0.177. The van der Waals surface area contributed by atoms with Gasteiger partial charge in [-0.05, 0) is 22.6 Å². The fraction of sp³-hybridized carbons (Fsp3) is 0.167. The van der Waals surface area contributed by atoms with Crippen molar-refractivity contribution in [1.29, 1.82) is 0 Å². The van der Waals surface area contributed by atoms with E-state index in [-0.39, 0.29) is 3.57 Å². The molecule has 0 aliphatic heterocycles. The maximum Gasteiger partial charge on any atom is 0.265 e. The Balaban J connectivity index is 3.38. The fourth-order valence-corrected chi connectivity index (χ4v) is 1.22. The first-order valence-corrected chi connectivity index (χ1v) is 3.96. The Morgan fingerprint density at radius 3 is 2.58 bits per heavy atom. The van der Waals surface area contributed by atoms with Crippen molar-refractivity contribution in [3.8, 4) is 0 Å². The summed E-state index contributed by atoms with van der Waals surface area (Å²) in [4.78, 5) is 12.5. The van der Waals surface area contributed by atoms with E-state index >= 15 is 0 Å². The molecule has 0 radical (unpaired) electrons. The largest absolute Gasteiger partial charge is 0.298 e. The summed E-state index contributed by atoms with van der Waals surface area (Å²) in [6.07, 6.45) is -2.83. The van der Waals surface area contributed by atoms with Crippen molar-refractivity contribution < 1.29 is 13.2 Å². The standard InChI is InChI=1S/C6H3F3INO/c7-3-1-2(5(8)9)4(10)6(12)11-3/h1,5H,(H,11,12). The molecule has 0 aliphatic rings. The number of rotatable bonds is 1. The molecule has 0 atom stereocenters. The predicted octanol–water partition coefficient (Wildman–Crippen LogP) is 2.06. The van der Waals surface area contributed by atoms with Gasteiger partial charge < -0.3 is 0 Å². The molecule has 2 nitrogen and oxygen atoms in total. The quantitative estimate of drug-likeness (QED) is 0.623. The summed E-state index contributed by atoms with van der Waals surface area (Å²) in [6.45, 7) is 0. The Kier molecular flexibility index (Phi) is 2.76. The van der Waals surface area contributed by atoms with Crippen molar-refractivity contribution in [3.63, 3.8) is 0 Å². The molecule has 0 aromatic carbocycles. The van der Waals surface area contributed by atoms with Gasteiger partial charge in [0.2, 0.25) is 0 Å². The van der Waals surface area contributed by atoms with Gasteiger partial charge in [0.1, 0.15) is 0 Å². The van der Waals surface area contributed by atoms with Crippen molar-refractivity contribution in [3.05, 3.63) is 31.5 Å². The SMILES string of the molecule is O=c1[nH]c(F)cc(C(F)F)c1I. The Morgan fingerprint density at radius 1 is 1.50 bits per heavy atom. The molecule has 12 heavy (non-hydrogen) atoms. The summed E-state index contributed by atoms with van der Waals surface area (Å²) in [5.41, 5.74) is -1.40. The van der Waals surface area contributed by atoms with Crippen molar-refractivity contribution in [1.82, 2.24) is 4.98 Å². The van der Waals surface area contributed by atoms with Crippen molar-refractivity contribution in [2.75, 3.05) is 0 Å². The normalized spacial score (nSPS) is 10.8. The van der Waals surface area contributed by atoms with Crippen LogP contribution in [-0.4, -0.2) is 4.98 Å². The second-order valence-corrected chi connectivity index (χ2v) is 3.10. The maximum atomic E-state index is 12.4. The number of aromatic nitrogens is 1. The van der Waals surface area contributed by atoms with Gasteiger partial charge in [-0.3, -0.25) is 9.78 Å². The third-order valence-corrected chi connectivity index (χ3v) is 2.32. The summed E-state index contributed by atoms with van der Waals surface area (Å²) in [6, 6.07) is 0.619. The Labute approximate surface area is 78.9 Å². The van der Waals surface area contributed by atoms with E-state index in [1.807, 2.05) is 0 Å². The van der Waals surface area contributed by atoms with E-state index in [0.29, 0.717) is 6.07 Å². The van der Waals surface area contributed by atoms with Gasteiger partial charge in [-0.2, -0.15) is 4.39 Å². The average Bonchev–Trinajstić information content (AvgIpc) is 1.96. The van der Waals surface area contributed by atoms with Gasteiger partial charge in [-0.25, -0.2) is 8.78 Å². The molecule has 6 heteroatoms. The van der Waals surface area contributed by atoms with Gasteiger partial charge in [-0.1, -0.05) is 0 Å². The monoisotopic (exact) mass is 289 g/mol. The summed E-state index contributed by atoms with van der Waals surface area (Å²) < 4.78 is 36.3. The minimum atomic E-state index is -2.83. The fourth-order valence-electron chi connectivity index (χ4n) is 0.689. The van der Waals surface area contributed by atoms with Crippen molar-refractivity contribution in [2.45, 2.75) is 6.43 Å². The Hall–Kier alpha value is -0.530. The predicted molar refractivity (Wildman–Crippen MR) is 44.7 cm³/mol. The number of nitrogens with one attached hydrogen (secondary N) is 1. The summed E-state index contributed by atoms with van der Waals surface area (Å²) in [7, 11) is 0. The van der Waals surface area contributed by atoms with Gasteiger partial charge in [0.25, 0.3) is 12.0 Å². The van der Waals surface area contributed by atoms with Gasteiger partial charge in [0, 0.05) is 11.6 Å². The molecule has 66 valence electrons. The molecule has 0 spiro atoms. The summed E-state index contributed by atoms with van der Waals surface area (Å²) in [5, 5.41) is 0. The molecule has 1 N–H and O–H groups in total. The highest BCUT2D eigenvalue weighted by molar-refractivity contribution is 14.1. The molecule has 0 unspecified atom stereocenters. The van der Waals surface area contributed by atoms with Crippen LogP contribution in [0.3, 0.4) is 0 Å². The summed E-state index contributed by atoms with van der Waals surface area (Å²) in [5.74, 6) is -1.05. The number of alkyl halides is 2. The zero-order valence-corrected chi connectivity index (χ0v) is 7.73. The lowest BCUT2D eigenvalue weighted by molar-refractivity contribution is 0.149. The second-order valence-electron chi connectivity index (χ2n) is 2.02. The molecule has 1 heterocycles. The molecule has 0 saturated heterocycles. The highest BCUT2D eigenvalue weighted by Crippen LogP contribution is 2.21. The lowest BCUT2D eigenvalue weighted by Crippen LogP contribution is -2.14. The van der Waals surface area contributed by atoms with Crippen LogP contribution in [0.2, 0.25) is 0 Å². The topological polar surface area (TPSA) is 32.9 Å². The number of hydrogen-bond acceptors (Lipinski definition) is 1. The van der Waals surface area contributed by atoms with Crippen LogP contribution < -0.4 is 5.56 Å². The molecule has 1 rings (SSSR count). The number of aromatic amines is 1. The smallest absolute Gasteiger partial charge is 0.265 e. The Bertz CT molecular complexity index is 349. The van der Waals surface area contributed by atoms with Crippen LogP contribution in [0.15, 0.2) is 10.9 Å². The molecular formula is C6H3F3INO. The van der Waals surface area contributed by atoms with E-state index in [2.05, 4.69) is 0 Å². The van der Waals surface area contributed by atoms with E-state index < -0.39 is 23.5 Å². The Morgan fingerprint density at radius 2 is 2.08 bits per heavy atom. The summed E-state index contributed by atoms with van der Waals surface area (Å²) >= 11 is 1.45. The van der Waals surface area contributed by atoms with Crippen molar-refractivity contribution >= 4 is 22.6 Å². The highest BCUT2D eigenvalue weighted by atomic mass is 127. The van der Waals surface area contributed by atoms with Crippen molar-refractivity contribution in [2.24, 2.45) is 0 Å². The van der Waals surface area contributed by atoms with Crippen LogP contribution >= 0.6 is 22.6 Å². The molecule has 1 aromatic rings. The zero-order chi connectivity index (χ0) is 9.30. The molecule has 0 amide bonds. The van der Waals surface area contributed by atoms with Gasteiger partial charge in [0.15, 0.2) is 5.95 Å². The van der Waals surface area contributed by atoms with E-state index in [4.69, 9.17) is 0 Å². The number of pyridine rings is 1. The average molecular weight is 289 g/mol. The van der Waals surface area contributed by atoms with Crippen LogP contribution in [0.4, 0.5) is 13.2 Å². The second kappa shape index (κ2) is 3.46. The molecule has 0 bridgehead atoms. The molecule has 0 aliphatic carbocycles. The lowest BCUT2D eigenvalue weighted by atomic mass is 10.3.